The Morgan fingerprint density at radius 1 is 1.29 bits per heavy atom. The first-order valence-electron chi connectivity index (χ1n) is 11.5. The molecule has 2 fully saturated rings. The number of non-ortho nitro benzene ring substituents is 1. The molecule has 2 aliphatic heterocycles. The average molecular weight is 614 g/mol. The molecule has 1 aromatic carbocycles. The van der Waals surface area contributed by atoms with Gasteiger partial charge < -0.3 is 35.3 Å². The van der Waals surface area contributed by atoms with Gasteiger partial charge in [-0.2, -0.15) is 5.06 Å². The minimum atomic E-state index is -2.48. The number of rotatable bonds is 11. The number of carbonyl (C=O) groups is 5. The summed E-state index contributed by atoms with van der Waals surface area (Å²) in [6, 6.07) is 3.87. The molecule has 0 bridgehead atoms. The van der Waals surface area contributed by atoms with Crippen molar-refractivity contribution < 1.29 is 82.7 Å². The van der Waals surface area contributed by atoms with Crippen molar-refractivity contribution in [3.05, 3.63) is 51.0 Å². The van der Waals surface area contributed by atoms with E-state index >= 15 is 0 Å². The number of benzene rings is 1. The van der Waals surface area contributed by atoms with Gasteiger partial charge in [0.25, 0.3) is 23.2 Å². The fraction of sp³-hybridized carbons (Fsp3) is 0.318. The Bertz CT molecular complexity index is 1430. The van der Waals surface area contributed by atoms with E-state index < -0.39 is 71.8 Å². The number of carboxylic acid groups (broad SMARTS) is 1. The maximum atomic E-state index is 13.0. The van der Waals surface area contributed by atoms with Crippen molar-refractivity contribution in [3.8, 4) is 0 Å². The summed E-state index contributed by atoms with van der Waals surface area (Å²) in [7, 11) is 0. The third kappa shape index (κ3) is 7.18. The van der Waals surface area contributed by atoms with Gasteiger partial charge in [-0.15, -0.1) is 11.3 Å². The number of hydrogen-bond donors (Lipinski definition) is 2. The number of nitro groups is 1. The van der Waals surface area contributed by atoms with Crippen molar-refractivity contribution in [2.45, 2.75) is 31.2 Å². The summed E-state index contributed by atoms with van der Waals surface area (Å²) in [6.07, 6.45) is -0.715. The number of esters is 2. The Morgan fingerprint density at radius 2 is 2.00 bits per heavy atom. The molecule has 2 amide bonds. The van der Waals surface area contributed by atoms with Crippen LogP contribution in [0.5, 0.6) is 0 Å². The number of nitrogens with two attached hydrogens (primary N) is 1. The number of nitrogens with one attached hydrogen (secondary N) is 1. The number of carboxylic acids is 1. The molecule has 0 aliphatic carbocycles. The van der Waals surface area contributed by atoms with Gasteiger partial charge in [0.05, 0.1) is 11.3 Å². The Kier molecular flexibility index (Phi) is 10.5. The predicted octanol–water partition coefficient (Wildman–Crippen LogP) is -4.86. The maximum absolute atomic E-state index is 13.0. The van der Waals surface area contributed by atoms with E-state index in [1.54, 1.807) is 0 Å². The molecule has 18 nitrogen and oxygen atoms in total. The summed E-state index contributed by atoms with van der Waals surface area (Å²) in [6.45, 7) is -1.48. The van der Waals surface area contributed by atoms with Crippen LogP contribution in [-0.2, 0) is 49.7 Å². The van der Waals surface area contributed by atoms with Gasteiger partial charge in [0.2, 0.25) is 6.61 Å². The molecule has 0 spiro atoms. The van der Waals surface area contributed by atoms with Gasteiger partial charge in [-0.05, 0) is 17.7 Å². The quantitative estimate of drug-likeness (QED) is 0.0791. The van der Waals surface area contributed by atoms with Gasteiger partial charge in [0, 0.05) is 23.9 Å². The van der Waals surface area contributed by atoms with Crippen molar-refractivity contribution >= 4 is 57.6 Å². The van der Waals surface area contributed by atoms with Crippen LogP contribution in [0.3, 0.4) is 0 Å². The molecule has 2 aliphatic rings. The Hall–Kier alpha value is -4.17. The second-order valence-electron chi connectivity index (χ2n) is 8.37. The number of aromatic nitrogens is 1. The van der Waals surface area contributed by atoms with Crippen molar-refractivity contribution in [3.63, 3.8) is 0 Å². The van der Waals surface area contributed by atoms with Gasteiger partial charge in [0.1, 0.15) is 30.9 Å². The van der Waals surface area contributed by atoms with Crippen LogP contribution in [0, 0.1) is 10.1 Å². The first-order valence-corrected chi connectivity index (χ1v) is 12.4. The van der Waals surface area contributed by atoms with Crippen molar-refractivity contribution in [1.82, 2.24) is 15.4 Å². The standard InChI is InChI=1S/C22H20N6O12S.Na/c23-21-25-14(10-41-21)17(26-38-9-16(30)37-7-11-1-3-12(4-2-11)28(35)36)18(31)24-13-8-39-27(19(13)32)22(20(33)34)6-5-15(29)40-22;/h1-4,10,13H,5-9H2,(H2,23,25)(H,24,31)(H,33,34);/q;+1/p-1/t13-,22?;/m0./s1. The summed E-state index contributed by atoms with van der Waals surface area (Å²) >= 11 is 0.958. The Balaban J connectivity index is 0.00000484. The van der Waals surface area contributed by atoms with Crippen LogP contribution in [-0.4, -0.2) is 75.4 Å². The molecule has 2 aromatic rings. The molecule has 42 heavy (non-hydrogen) atoms. The minimum Gasteiger partial charge on any atom is -0.544 e. The van der Waals surface area contributed by atoms with E-state index in [0.717, 1.165) is 11.3 Å². The van der Waals surface area contributed by atoms with Crippen LogP contribution >= 0.6 is 11.3 Å². The number of oxime groups is 1. The molecule has 216 valence electrons. The maximum Gasteiger partial charge on any atom is 1.00 e. The summed E-state index contributed by atoms with van der Waals surface area (Å²) in [4.78, 5) is 85.3. The molecule has 4 rings (SSSR count). The van der Waals surface area contributed by atoms with E-state index in [1.165, 1.54) is 29.6 Å². The van der Waals surface area contributed by atoms with Gasteiger partial charge in [-0.3, -0.25) is 29.3 Å². The number of nitrogen functional groups attached to an aromatic ring is 1. The number of hydrogen-bond acceptors (Lipinski definition) is 16. The number of ether oxygens (including phenoxy) is 2. The molecular formula is C22H19N6NaO12S. The number of hydroxylamine groups is 2. The number of nitrogens with zero attached hydrogens (tertiary/aromatic N) is 4. The topological polar surface area (TPSA) is 255 Å². The normalized spacial score (nSPS) is 20.0. The Morgan fingerprint density at radius 3 is 2.57 bits per heavy atom. The minimum absolute atomic E-state index is 0. The third-order valence-corrected chi connectivity index (χ3v) is 6.31. The number of aliphatic carboxylic acids is 1. The zero-order valence-electron chi connectivity index (χ0n) is 21.7. The first-order chi connectivity index (χ1) is 19.5. The van der Waals surface area contributed by atoms with E-state index in [-0.39, 0.29) is 59.1 Å². The molecule has 0 radical (unpaired) electrons. The molecule has 2 saturated heterocycles. The summed E-state index contributed by atoms with van der Waals surface area (Å²) in [5, 5.41) is 30.1. The van der Waals surface area contributed by atoms with Crippen LogP contribution in [0.25, 0.3) is 0 Å². The van der Waals surface area contributed by atoms with Crippen LogP contribution in [0.4, 0.5) is 10.8 Å². The van der Waals surface area contributed by atoms with E-state index in [1.807, 2.05) is 0 Å². The third-order valence-electron chi connectivity index (χ3n) is 5.64. The number of carbonyl (C=O) groups excluding carboxylic acids is 5. The summed E-state index contributed by atoms with van der Waals surface area (Å²) in [5.74, 6) is -5.71. The summed E-state index contributed by atoms with van der Waals surface area (Å²) < 4.78 is 9.81. The second kappa shape index (κ2) is 13.7. The van der Waals surface area contributed by atoms with Gasteiger partial charge >= 0.3 is 41.5 Å². The van der Waals surface area contributed by atoms with Crippen molar-refractivity contribution in [2.75, 3.05) is 18.9 Å². The fourth-order valence-electron chi connectivity index (χ4n) is 3.64. The van der Waals surface area contributed by atoms with Crippen LogP contribution in [0.15, 0.2) is 34.8 Å². The van der Waals surface area contributed by atoms with E-state index in [9.17, 15) is 39.2 Å². The predicted molar refractivity (Wildman–Crippen MR) is 130 cm³/mol. The van der Waals surface area contributed by atoms with Crippen molar-refractivity contribution in [2.24, 2.45) is 5.16 Å². The van der Waals surface area contributed by atoms with E-state index in [2.05, 4.69) is 15.5 Å². The average Bonchev–Trinajstić information content (AvgIpc) is 3.64. The van der Waals surface area contributed by atoms with Gasteiger partial charge in [0.15, 0.2) is 10.8 Å². The van der Waals surface area contributed by atoms with Crippen molar-refractivity contribution in [1.29, 1.82) is 0 Å². The number of cyclic esters (lactones) is 1. The molecular weight excluding hydrogens is 595 g/mol. The molecule has 3 N–H and O–H groups in total. The monoisotopic (exact) mass is 614 g/mol. The van der Waals surface area contributed by atoms with E-state index in [0.29, 0.717) is 10.6 Å². The molecule has 1 unspecified atom stereocenters. The zero-order chi connectivity index (χ0) is 29.7. The molecule has 3 heterocycles. The van der Waals surface area contributed by atoms with Crippen LogP contribution in [0.2, 0.25) is 0 Å². The number of amides is 2. The zero-order valence-corrected chi connectivity index (χ0v) is 24.5. The molecule has 2 atom stereocenters. The molecule has 20 heteroatoms. The summed E-state index contributed by atoms with van der Waals surface area (Å²) in [5.41, 5.74) is 2.92. The van der Waals surface area contributed by atoms with Gasteiger partial charge in [-0.1, -0.05) is 5.16 Å². The largest absolute Gasteiger partial charge is 1.00 e. The fourth-order valence-corrected chi connectivity index (χ4v) is 4.19. The second-order valence-corrected chi connectivity index (χ2v) is 9.26. The van der Waals surface area contributed by atoms with Crippen LogP contribution in [0.1, 0.15) is 24.1 Å². The Labute approximate surface area is 261 Å². The van der Waals surface area contributed by atoms with E-state index in [4.69, 9.17) is 24.9 Å². The molecule has 0 saturated carbocycles. The first kappa shape index (κ1) is 32.3. The number of thiazole rings is 1. The SMILES string of the molecule is Nc1nc(C(=NOCC(=O)OCc2ccc([N+](=O)[O-])cc2)C(=O)N[C@H]2CON(C3(C(=O)[O-])CCC(=O)O3)C2=O)cs1.[Na+]. The smallest absolute Gasteiger partial charge is 0.544 e. The van der Waals surface area contributed by atoms with Gasteiger partial charge in [-0.25, -0.2) is 9.78 Å². The molecule has 1 aromatic heterocycles. The van der Waals surface area contributed by atoms with Crippen LogP contribution < -0.4 is 45.7 Å². The number of nitro benzene ring substituents is 1. The number of anilines is 1.